The van der Waals surface area contributed by atoms with E-state index in [4.69, 9.17) is 14.0 Å². The van der Waals surface area contributed by atoms with Crippen molar-refractivity contribution in [3.05, 3.63) is 11.5 Å². The van der Waals surface area contributed by atoms with E-state index in [1.54, 1.807) is 0 Å². The average molecular weight is 280 g/mol. The van der Waals surface area contributed by atoms with Gasteiger partial charge in [-0.05, 0) is 52.4 Å². The first kappa shape index (κ1) is 15.6. The Labute approximate surface area is 122 Å². The summed E-state index contributed by atoms with van der Waals surface area (Å²) >= 11 is 0. The summed E-state index contributed by atoms with van der Waals surface area (Å²) in [5.74, 6) is -0.0847. The van der Waals surface area contributed by atoms with Crippen molar-refractivity contribution in [2.45, 2.75) is 59.2 Å². The fraction of sp³-hybridized carbons (Fsp3) is 0.800. The third kappa shape index (κ3) is 2.66. The van der Waals surface area contributed by atoms with Crippen LogP contribution in [0, 0.1) is 11.8 Å². The number of esters is 1. The molecule has 0 saturated carbocycles. The molecular weight excluding hydrogens is 255 g/mol. The van der Waals surface area contributed by atoms with Crippen molar-refractivity contribution in [3.63, 3.8) is 0 Å². The first-order chi connectivity index (χ1) is 9.18. The van der Waals surface area contributed by atoms with Gasteiger partial charge >= 0.3 is 13.1 Å². The van der Waals surface area contributed by atoms with Crippen molar-refractivity contribution >= 4 is 13.1 Å². The van der Waals surface area contributed by atoms with Gasteiger partial charge in [0.2, 0.25) is 0 Å². The lowest BCUT2D eigenvalue weighted by Crippen LogP contribution is -2.41. The number of carbonyl (C=O) groups excluding carboxylic acids is 1. The predicted octanol–water partition coefficient (Wildman–Crippen LogP) is 2.76. The third-order valence-electron chi connectivity index (χ3n) is 4.68. The predicted molar refractivity (Wildman–Crippen MR) is 78.1 cm³/mol. The van der Waals surface area contributed by atoms with E-state index < -0.39 is 0 Å². The first-order valence-corrected chi connectivity index (χ1v) is 7.41. The van der Waals surface area contributed by atoms with Gasteiger partial charge in [0.25, 0.3) is 0 Å². The lowest BCUT2D eigenvalue weighted by Gasteiger charge is -2.32. The molecule has 0 aromatic heterocycles. The highest BCUT2D eigenvalue weighted by molar-refractivity contribution is 6.54. The number of rotatable bonds is 3. The molecule has 0 bridgehead atoms. The van der Waals surface area contributed by atoms with Crippen LogP contribution in [-0.4, -0.2) is 30.9 Å². The van der Waals surface area contributed by atoms with Gasteiger partial charge in [-0.25, -0.2) is 0 Å². The Morgan fingerprint density at radius 3 is 2.40 bits per heavy atom. The summed E-state index contributed by atoms with van der Waals surface area (Å²) in [7, 11) is -0.345. The zero-order valence-electron chi connectivity index (χ0n) is 13.4. The van der Waals surface area contributed by atoms with Gasteiger partial charge in [-0.15, -0.1) is 0 Å². The Morgan fingerprint density at radius 2 is 1.90 bits per heavy atom. The molecule has 4 nitrogen and oxygen atoms in total. The molecule has 1 saturated heterocycles. The molecule has 5 heteroatoms. The number of hydrogen-bond donors (Lipinski definition) is 0. The van der Waals surface area contributed by atoms with Gasteiger partial charge < -0.3 is 14.0 Å². The smallest absolute Gasteiger partial charge is 0.466 e. The van der Waals surface area contributed by atoms with E-state index in [-0.39, 0.29) is 36.1 Å². The molecule has 112 valence electrons. The van der Waals surface area contributed by atoms with Crippen LogP contribution in [0.15, 0.2) is 11.5 Å². The fourth-order valence-electron chi connectivity index (χ4n) is 2.67. The molecule has 0 amide bonds. The minimum Gasteiger partial charge on any atom is -0.466 e. The maximum absolute atomic E-state index is 11.9. The number of hydrogen-bond acceptors (Lipinski definition) is 4. The zero-order valence-corrected chi connectivity index (χ0v) is 13.4. The molecule has 0 N–H and O–H groups in total. The second-order valence-electron chi connectivity index (χ2n) is 6.79. The Balaban J connectivity index is 2.12. The number of allylic oxidation sites excluding steroid dienone is 1. The number of carbonyl (C=O) groups is 1. The molecule has 0 aromatic carbocycles. The van der Waals surface area contributed by atoms with E-state index >= 15 is 0 Å². The molecule has 2 rings (SSSR count). The van der Waals surface area contributed by atoms with Crippen molar-refractivity contribution < 1.29 is 18.8 Å². The van der Waals surface area contributed by atoms with Crippen molar-refractivity contribution in [2.75, 3.05) is 6.61 Å². The van der Waals surface area contributed by atoms with Gasteiger partial charge in [0.05, 0.1) is 23.7 Å². The number of ether oxygens (including phenoxy) is 1. The van der Waals surface area contributed by atoms with Crippen molar-refractivity contribution in [1.82, 2.24) is 0 Å². The highest BCUT2D eigenvalue weighted by Gasteiger charge is 2.53. The van der Waals surface area contributed by atoms with Crippen LogP contribution in [0.25, 0.3) is 0 Å². The van der Waals surface area contributed by atoms with Crippen molar-refractivity contribution in [1.29, 1.82) is 0 Å². The quantitative estimate of drug-likeness (QED) is 0.589. The fourth-order valence-corrected chi connectivity index (χ4v) is 2.67. The first-order valence-electron chi connectivity index (χ1n) is 7.41. The maximum Gasteiger partial charge on any atom is 0.490 e. The zero-order chi connectivity index (χ0) is 15.1. The largest absolute Gasteiger partial charge is 0.490 e. The highest BCUT2D eigenvalue weighted by Crippen LogP contribution is 2.42. The van der Waals surface area contributed by atoms with Gasteiger partial charge in [0.15, 0.2) is 0 Å². The summed E-state index contributed by atoms with van der Waals surface area (Å²) in [6.45, 7) is 12.5. The maximum atomic E-state index is 11.9. The van der Waals surface area contributed by atoms with Crippen LogP contribution in [0.2, 0.25) is 0 Å². The molecular formula is C15H25BO4. The normalized spacial score (nSPS) is 31.3. The van der Waals surface area contributed by atoms with Gasteiger partial charge in [0.1, 0.15) is 0 Å². The van der Waals surface area contributed by atoms with Crippen LogP contribution in [0.5, 0.6) is 0 Å². The Kier molecular flexibility index (Phi) is 4.04. The lowest BCUT2D eigenvalue weighted by molar-refractivity contribution is -0.147. The molecule has 20 heavy (non-hydrogen) atoms. The van der Waals surface area contributed by atoms with Crippen LogP contribution >= 0.6 is 0 Å². The van der Waals surface area contributed by atoms with E-state index in [2.05, 4.69) is 6.92 Å². The Morgan fingerprint density at radius 1 is 1.35 bits per heavy atom. The molecule has 2 unspecified atom stereocenters. The Hall–Kier alpha value is -0.805. The summed E-state index contributed by atoms with van der Waals surface area (Å²) in [4.78, 5) is 11.9. The molecule has 1 aliphatic heterocycles. The highest BCUT2D eigenvalue weighted by atomic mass is 16.7. The summed E-state index contributed by atoms with van der Waals surface area (Å²) < 4.78 is 17.2. The van der Waals surface area contributed by atoms with Crippen molar-refractivity contribution in [3.8, 4) is 0 Å². The Bertz CT molecular complexity index is 412. The van der Waals surface area contributed by atoms with Gasteiger partial charge in [-0.1, -0.05) is 13.0 Å². The molecule has 1 aliphatic carbocycles. The second kappa shape index (κ2) is 5.19. The molecule has 2 aliphatic rings. The molecule has 2 atom stereocenters. The van der Waals surface area contributed by atoms with Gasteiger partial charge in [0, 0.05) is 0 Å². The molecule has 0 aromatic rings. The molecule has 1 heterocycles. The minimum atomic E-state index is -0.345. The summed E-state index contributed by atoms with van der Waals surface area (Å²) in [5.41, 5.74) is 0.377. The monoisotopic (exact) mass is 280 g/mol. The van der Waals surface area contributed by atoms with Gasteiger partial charge in [-0.2, -0.15) is 0 Å². The summed E-state index contributed by atoms with van der Waals surface area (Å²) in [6, 6.07) is 0. The summed E-state index contributed by atoms with van der Waals surface area (Å²) in [5, 5.41) is 0. The lowest BCUT2D eigenvalue weighted by atomic mass is 9.77. The van der Waals surface area contributed by atoms with Crippen LogP contribution in [0.1, 0.15) is 48.0 Å². The third-order valence-corrected chi connectivity index (χ3v) is 4.68. The van der Waals surface area contributed by atoms with Gasteiger partial charge in [-0.3, -0.25) is 4.79 Å². The van der Waals surface area contributed by atoms with E-state index in [1.807, 2.05) is 40.7 Å². The van der Waals surface area contributed by atoms with Crippen molar-refractivity contribution in [2.24, 2.45) is 11.8 Å². The van der Waals surface area contributed by atoms with Crippen LogP contribution in [-0.2, 0) is 18.8 Å². The standard InChI is InChI=1S/C15H25BO4/c1-7-18-13(17)12-9-11(8-10(12)2)16-19-14(3,4)15(5,6)20-16/h9-10,12H,7-8H2,1-6H3. The molecule has 0 spiro atoms. The average Bonchev–Trinajstić information content (AvgIpc) is 2.78. The van der Waals surface area contributed by atoms with Crippen LogP contribution in [0.4, 0.5) is 0 Å². The van der Waals surface area contributed by atoms with Crippen LogP contribution in [0.3, 0.4) is 0 Å². The topological polar surface area (TPSA) is 44.8 Å². The van der Waals surface area contributed by atoms with E-state index in [0.717, 1.165) is 11.9 Å². The van der Waals surface area contributed by atoms with Crippen LogP contribution < -0.4 is 0 Å². The second-order valence-corrected chi connectivity index (χ2v) is 6.79. The molecule has 0 radical (unpaired) electrons. The van der Waals surface area contributed by atoms with E-state index in [9.17, 15) is 4.79 Å². The van der Waals surface area contributed by atoms with E-state index in [1.165, 1.54) is 0 Å². The minimum absolute atomic E-state index is 0.147. The molecule has 1 fully saturated rings. The SMILES string of the molecule is CCOC(=O)C1C=C(B2OC(C)(C)C(C)(C)O2)CC1C. The van der Waals surface area contributed by atoms with E-state index in [0.29, 0.717) is 6.61 Å². The summed E-state index contributed by atoms with van der Waals surface area (Å²) in [6.07, 6.45) is 2.80.